The fourth-order valence-electron chi connectivity index (χ4n) is 1.56. The van der Waals surface area contributed by atoms with E-state index in [2.05, 4.69) is 0 Å². The summed E-state index contributed by atoms with van der Waals surface area (Å²) in [7, 11) is 0. The molecule has 0 unspecified atom stereocenters. The van der Waals surface area contributed by atoms with Crippen molar-refractivity contribution in [3.05, 3.63) is 0 Å². The van der Waals surface area contributed by atoms with Crippen LogP contribution >= 0.6 is 35.3 Å². The topological polar surface area (TPSA) is 78.9 Å². The molecule has 0 aliphatic carbocycles. The van der Waals surface area contributed by atoms with Gasteiger partial charge in [0.2, 0.25) is 0 Å². The smallest absolute Gasteiger partial charge is 0.306 e. The van der Waals surface area contributed by atoms with Gasteiger partial charge in [0.05, 0.1) is 43.0 Å². The molecule has 0 aromatic heterocycles. The lowest BCUT2D eigenvalue weighted by Crippen LogP contribution is -2.09. The summed E-state index contributed by atoms with van der Waals surface area (Å²) in [4.78, 5) is 34.2. The monoisotopic (exact) mass is 412 g/mol. The molecule has 0 rings (SSSR count). The number of carbonyl (C=O) groups is 3. The lowest BCUT2D eigenvalue weighted by molar-refractivity contribution is -0.143. The van der Waals surface area contributed by atoms with Crippen LogP contribution in [0.4, 0.5) is 0 Å². The molecule has 0 radical (unpaired) electrons. The number of hydrogen-bond acceptors (Lipinski definition) is 9. The van der Waals surface area contributed by atoms with E-state index in [0.717, 1.165) is 0 Å². The first-order chi connectivity index (χ1) is 12.0. The fraction of sp³-hybridized carbons (Fsp3) is 0.812. The summed E-state index contributed by atoms with van der Waals surface area (Å²) >= 11 is 4.88. The number of ether oxygens (including phenoxy) is 3. The highest BCUT2D eigenvalue weighted by molar-refractivity contribution is 8.32. The minimum atomic E-state index is -0.207. The van der Waals surface area contributed by atoms with Gasteiger partial charge in [-0.05, 0) is 20.8 Å². The van der Waals surface area contributed by atoms with E-state index in [-0.39, 0.29) is 21.8 Å². The maximum absolute atomic E-state index is 11.4. The molecule has 0 atom stereocenters. The summed E-state index contributed by atoms with van der Waals surface area (Å²) < 4.78 is 14.9. The Balaban J connectivity index is 4.17. The number of thioether (sulfide) groups is 3. The van der Waals surface area contributed by atoms with Gasteiger partial charge >= 0.3 is 17.9 Å². The molecular weight excluding hydrogens is 384 g/mol. The van der Waals surface area contributed by atoms with E-state index in [1.807, 2.05) is 0 Å². The van der Waals surface area contributed by atoms with Crippen molar-refractivity contribution in [2.24, 2.45) is 0 Å². The van der Waals surface area contributed by atoms with Crippen LogP contribution in [0.2, 0.25) is 0 Å². The Labute approximate surface area is 162 Å². The number of carbonyl (C=O) groups excluding carboxylic acids is 3. The van der Waals surface area contributed by atoms with Gasteiger partial charge in [-0.3, -0.25) is 14.4 Å². The van der Waals surface area contributed by atoms with Gasteiger partial charge in [0, 0.05) is 17.3 Å². The highest BCUT2D eigenvalue weighted by Gasteiger charge is 2.14. The maximum Gasteiger partial charge on any atom is 0.306 e. The van der Waals surface area contributed by atoms with Crippen LogP contribution in [0.5, 0.6) is 0 Å². The molecule has 0 spiro atoms. The van der Waals surface area contributed by atoms with Crippen molar-refractivity contribution in [3.63, 3.8) is 0 Å². The zero-order valence-corrected chi connectivity index (χ0v) is 17.6. The van der Waals surface area contributed by atoms with E-state index in [1.54, 1.807) is 56.1 Å². The molecule has 0 bridgehead atoms. The van der Waals surface area contributed by atoms with Gasteiger partial charge < -0.3 is 14.2 Å². The van der Waals surface area contributed by atoms with Gasteiger partial charge in [0.15, 0.2) is 0 Å². The van der Waals surface area contributed by atoms with Gasteiger partial charge in [0.1, 0.15) is 0 Å². The van der Waals surface area contributed by atoms with Crippen LogP contribution < -0.4 is 0 Å². The Bertz CT molecular complexity index is 335. The van der Waals surface area contributed by atoms with Crippen molar-refractivity contribution in [2.45, 2.75) is 43.9 Å². The minimum absolute atomic E-state index is 0.137. The normalized spacial score (nSPS) is 10.6. The molecule has 0 saturated carbocycles. The highest BCUT2D eigenvalue weighted by atomic mass is 32.3. The SMILES string of the molecule is CCOC(=O)CCSC(SCCC(=O)OCC)SCCC(=O)OCC. The Hall–Kier alpha value is -0.540. The molecule has 0 fully saturated rings. The molecule has 9 heteroatoms. The first-order valence-corrected chi connectivity index (χ1v) is 11.5. The average Bonchev–Trinajstić information content (AvgIpc) is 2.55. The van der Waals surface area contributed by atoms with Crippen LogP contribution in [0.15, 0.2) is 0 Å². The molecule has 0 aliphatic heterocycles. The fourth-order valence-corrected chi connectivity index (χ4v) is 5.88. The van der Waals surface area contributed by atoms with Gasteiger partial charge in [-0.1, -0.05) is 0 Å². The first-order valence-electron chi connectivity index (χ1n) is 8.35. The van der Waals surface area contributed by atoms with Gasteiger partial charge in [0.25, 0.3) is 0 Å². The van der Waals surface area contributed by atoms with Crippen LogP contribution in [-0.2, 0) is 28.6 Å². The zero-order chi connectivity index (χ0) is 18.9. The van der Waals surface area contributed by atoms with Crippen molar-refractivity contribution in [2.75, 3.05) is 37.1 Å². The third-order valence-electron chi connectivity index (χ3n) is 2.60. The molecule has 0 aromatic rings. The van der Waals surface area contributed by atoms with E-state index in [0.29, 0.717) is 56.3 Å². The van der Waals surface area contributed by atoms with E-state index in [1.165, 1.54) is 0 Å². The van der Waals surface area contributed by atoms with E-state index >= 15 is 0 Å². The van der Waals surface area contributed by atoms with Crippen LogP contribution in [0, 0.1) is 0 Å². The second-order valence-corrected chi connectivity index (χ2v) is 9.10. The van der Waals surface area contributed by atoms with Gasteiger partial charge in [-0.15, -0.1) is 35.3 Å². The Morgan fingerprint density at radius 3 is 1.16 bits per heavy atom. The third-order valence-corrected chi connectivity index (χ3v) is 7.18. The summed E-state index contributed by atoms with van der Waals surface area (Å²) in [5.41, 5.74) is 0. The van der Waals surface area contributed by atoms with Crippen LogP contribution in [0.1, 0.15) is 40.0 Å². The Morgan fingerprint density at radius 1 is 0.640 bits per heavy atom. The molecule has 0 heterocycles. The molecule has 0 saturated heterocycles. The second-order valence-electron chi connectivity index (χ2n) is 4.57. The quantitative estimate of drug-likeness (QED) is 0.228. The van der Waals surface area contributed by atoms with Gasteiger partial charge in [-0.2, -0.15) is 0 Å². The van der Waals surface area contributed by atoms with Crippen LogP contribution in [0.25, 0.3) is 0 Å². The highest BCUT2D eigenvalue weighted by Crippen LogP contribution is 2.35. The van der Waals surface area contributed by atoms with Crippen molar-refractivity contribution >= 4 is 53.2 Å². The maximum atomic E-state index is 11.4. The summed E-state index contributed by atoms with van der Waals surface area (Å²) in [6.07, 6.45) is 1.06. The lowest BCUT2D eigenvalue weighted by atomic mass is 10.5. The Morgan fingerprint density at radius 2 is 0.920 bits per heavy atom. The Kier molecular flexibility index (Phi) is 16.5. The molecule has 0 aromatic carbocycles. The van der Waals surface area contributed by atoms with Crippen molar-refractivity contribution in [3.8, 4) is 0 Å². The molecule has 0 aliphatic rings. The number of esters is 3. The van der Waals surface area contributed by atoms with Crippen LogP contribution in [-0.4, -0.2) is 58.9 Å². The van der Waals surface area contributed by atoms with Crippen molar-refractivity contribution in [1.29, 1.82) is 0 Å². The number of rotatable bonds is 15. The largest absolute Gasteiger partial charge is 0.466 e. The van der Waals surface area contributed by atoms with Gasteiger partial charge in [-0.25, -0.2) is 0 Å². The minimum Gasteiger partial charge on any atom is -0.466 e. The van der Waals surface area contributed by atoms with Crippen molar-refractivity contribution in [1.82, 2.24) is 0 Å². The van der Waals surface area contributed by atoms with E-state index < -0.39 is 0 Å². The summed E-state index contributed by atoms with van der Waals surface area (Å²) in [5.74, 6) is 1.30. The van der Waals surface area contributed by atoms with E-state index in [4.69, 9.17) is 14.2 Å². The van der Waals surface area contributed by atoms with Crippen LogP contribution in [0.3, 0.4) is 0 Å². The predicted octanol–water partition coefficient (Wildman–Crippen LogP) is 3.33. The zero-order valence-electron chi connectivity index (χ0n) is 15.1. The molecule has 146 valence electrons. The molecule has 0 amide bonds. The number of hydrogen-bond donors (Lipinski definition) is 0. The summed E-state index contributed by atoms with van der Waals surface area (Å²) in [6, 6.07) is 0. The average molecular weight is 413 g/mol. The molecular formula is C16H28O6S3. The third kappa shape index (κ3) is 15.4. The lowest BCUT2D eigenvalue weighted by Gasteiger charge is -2.15. The predicted molar refractivity (Wildman–Crippen MR) is 105 cm³/mol. The summed E-state index contributed by atoms with van der Waals surface area (Å²) in [6.45, 7) is 6.50. The second kappa shape index (κ2) is 16.9. The molecule has 6 nitrogen and oxygen atoms in total. The molecule has 25 heavy (non-hydrogen) atoms. The van der Waals surface area contributed by atoms with E-state index in [9.17, 15) is 14.4 Å². The van der Waals surface area contributed by atoms with Crippen molar-refractivity contribution < 1.29 is 28.6 Å². The molecule has 0 N–H and O–H groups in total. The first kappa shape index (κ1) is 24.5. The standard InChI is InChI=1S/C16H28O6S3/c1-4-20-13(17)7-10-23-16(24-11-8-14(18)21-5-2)25-12-9-15(19)22-6-3/h16H,4-12H2,1-3H3. The summed E-state index contributed by atoms with van der Waals surface area (Å²) in [5, 5.41) is 0.